The standard InChI is InChI=1S/C11H18N4O3S/c1-6-10(7(2)14-13-6)19(17,18)15-8(3)11(16)12-9-4-5-9/h8-9,15H,4-5H2,1-3H3,(H,12,16)(H,13,14). The molecule has 1 heterocycles. The molecule has 1 fully saturated rings. The summed E-state index contributed by atoms with van der Waals surface area (Å²) in [6, 6.07) is -0.601. The molecule has 1 aromatic heterocycles. The van der Waals surface area contributed by atoms with E-state index in [1.54, 1.807) is 13.8 Å². The van der Waals surface area contributed by atoms with E-state index in [1.165, 1.54) is 6.92 Å². The molecule has 2 rings (SSSR count). The molecule has 1 atom stereocenters. The summed E-state index contributed by atoms with van der Waals surface area (Å²) in [5.74, 6) is -0.301. The fourth-order valence-electron chi connectivity index (χ4n) is 1.84. The summed E-state index contributed by atoms with van der Waals surface area (Å²) >= 11 is 0. The summed E-state index contributed by atoms with van der Waals surface area (Å²) in [4.78, 5) is 11.9. The molecular formula is C11H18N4O3S. The monoisotopic (exact) mass is 286 g/mol. The van der Waals surface area contributed by atoms with Gasteiger partial charge in [0.1, 0.15) is 4.90 Å². The number of hydrogen-bond donors (Lipinski definition) is 3. The quantitative estimate of drug-likeness (QED) is 0.707. The van der Waals surface area contributed by atoms with Gasteiger partial charge in [-0.1, -0.05) is 0 Å². The maximum atomic E-state index is 12.2. The first-order valence-electron chi connectivity index (χ1n) is 6.15. The van der Waals surface area contributed by atoms with Crippen LogP contribution in [0.25, 0.3) is 0 Å². The van der Waals surface area contributed by atoms with Crippen molar-refractivity contribution in [2.75, 3.05) is 0 Å². The minimum atomic E-state index is -3.74. The van der Waals surface area contributed by atoms with E-state index in [-0.39, 0.29) is 16.8 Å². The van der Waals surface area contributed by atoms with Crippen LogP contribution in [0.1, 0.15) is 31.2 Å². The minimum absolute atomic E-state index is 0.110. The highest BCUT2D eigenvalue weighted by molar-refractivity contribution is 7.89. The maximum Gasteiger partial charge on any atom is 0.244 e. The van der Waals surface area contributed by atoms with Gasteiger partial charge in [0.05, 0.1) is 17.4 Å². The molecule has 1 saturated carbocycles. The molecule has 8 heteroatoms. The summed E-state index contributed by atoms with van der Waals surface area (Å²) in [7, 11) is -3.74. The molecule has 0 spiro atoms. The van der Waals surface area contributed by atoms with Gasteiger partial charge in [-0.25, -0.2) is 8.42 Å². The van der Waals surface area contributed by atoms with Gasteiger partial charge in [0.15, 0.2) is 0 Å². The van der Waals surface area contributed by atoms with E-state index in [4.69, 9.17) is 0 Å². The van der Waals surface area contributed by atoms with Gasteiger partial charge in [-0.3, -0.25) is 9.89 Å². The van der Waals surface area contributed by atoms with Gasteiger partial charge in [-0.15, -0.1) is 0 Å². The molecule has 1 aromatic rings. The first-order chi connectivity index (χ1) is 8.81. The van der Waals surface area contributed by atoms with E-state index in [0.717, 1.165) is 12.8 Å². The molecule has 7 nitrogen and oxygen atoms in total. The fourth-order valence-corrected chi connectivity index (χ4v) is 3.41. The smallest absolute Gasteiger partial charge is 0.244 e. The molecule has 1 amide bonds. The molecule has 106 valence electrons. The number of carbonyl (C=O) groups is 1. The number of carbonyl (C=O) groups excluding carboxylic acids is 1. The van der Waals surface area contributed by atoms with E-state index < -0.39 is 16.1 Å². The second-order valence-electron chi connectivity index (χ2n) is 4.89. The molecule has 0 aliphatic heterocycles. The predicted octanol–water partition coefficient (Wildman–Crippen LogP) is -0.0281. The highest BCUT2D eigenvalue weighted by Crippen LogP contribution is 2.19. The van der Waals surface area contributed by atoms with E-state index in [0.29, 0.717) is 11.4 Å². The largest absolute Gasteiger partial charge is 0.352 e. The van der Waals surface area contributed by atoms with Gasteiger partial charge in [0.25, 0.3) is 0 Å². The molecule has 19 heavy (non-hydrogen) atoms. The molecular weight excluding hydrogens is 268 g/mol. The van der Waals surface area contributed by atoms with Crippen LogP contribution in [0.5, 0.6) is 0 Å². The third-order valence-corrected chi connectivity index (χ3v) is 4.78. The second-order valence-corrected chi connectivity index (χ2v) is 6.54. The van der Waals surface area contributed by atoms with Crippen LogP contribution in [-0.4, -0.2) is 36.6 Å². The number of hydrogen-bond acceptors (Lipinski definition) is 4. The number of nitrogens with one attached hydrogen (secondary N) is 3. The number of aryl methyl sites for hydroxylation is 2. The van der Waals surface area contributed by atoms with Crippen molar-refractivity contribution in [3.63, 3.8) is 0 Å². The summed E-state index contributed by atoms with van der Waals surface area (Å²) in [6.45, 7) is 4.76. The summed E-state index contributed by atoms with van der Waals surface area (Å²) in [6.07, 6.45) is 1.93. The molecule has 1 unspecified atom stereocenters. The van der Waals surface area contributed by atoms with Gasteiger partial charge in [-0.2, -0.15) is 9.82 Å². The highest BCUT2D eigenvalue weighted by Gasteiger charge is 2.29. The van der Waals surface area contributed by atoms with Gasteiger partial charge < -0.3 is 5.32 Å². The summed E-state index contributed by atoms with van der Waals surface area (Å²) < 4.78 is 26.8. The van der Waals surface area contributed by atoms with Crippen molar-refractivity contribution in [1.29, 1.82) is 0 Å². The van der Waals surface area contributed by atoms with Crippen LogP contribution < -0.4 is 10.0 Å². The van der Waals surface area contributed by atoms with Crippen molar-refractivity contribution in [1.82, 2.24) is 20.2 Å². The summed E-state index contributed by atoms with van der Waals surface area (Å²) in [5, 5.41) is 9.23. The van der Waals surface area contributed by atoms with Crippen molar-refractivity contribution in [2.24, 2.45) is 0 Å². The zero-order valence-electron chi connectivity index (χ0n) is 11.1. The van der Waals surface area contributed by atoms with Crippen molar-refractivity contribution >= 4 is 15.9 Å². The zero-order chi connectivity index (χ0) is 14.2. The van der Waals surface area contributed by atoms with Gasteiger partial charge in [-0.05, 0) is 33.6 Å². The number of amides is 1. The van der Waals surface area contributed by atoms with Crippen LogP contribution in [0.3, 0.4) is 0 Å². The van der Waals surface area contributed by atoms with E-state index in [1.807, 2.05) is 0 Å². The van der Waals surface area contributed by atoms with Crippen molar-refractivity contribution in [2.45, 2.75) is 50.6 Å². The lowest BCUT2D eigenvalue weighted by Crippen LogP contribution is -2.45. The molecule has 0 aromatic carbocycles. The maximum absolute atomic E-state index is 12.2. The Labute approximate surface area is 112 Å². The number of sulfonamides is 1. The van der Waals surface area contributed by atoms with Crippen LogP contribution in [0, 0.1) is 13.8 Å². The first-order valence-corrected chi connectivity index (χ1v) is 7.64. The normalized spacial score (nSPS) is 17.2. The number of nitrogens with zero attached hydrogens (tertiary/aromatic N) is 1. The molecule has 0 saturated heterocycles. The Balaban J connectivity index is 2.10. The van der Waals surface area contributed by atoms with Gasteiger partial charge in [0.2, 0.25) is 15.9 Å². The zero-order valence-corrected chi connectivity index (χ0v) is 12.0. The van der Waals surface area contributed by atoms with Crippen LogP contribution in [0.15, 0.2) is 4.90 Å². The third kappa shape index (κ3) is 3.13. The average Bonchev–Trinajstić information content (AvgIpc) is 3.03. The fraction of sp³-hybridized carbons (Fsp3) is 0.636. The van der Waals surface area contributed by atoms with Crippen LogP contribution >= 0.6 is 0 Å². The SMILES string of the molecule is Cc1n[nH]c(C)c1S(=O)(=O)NC(C)C(=O)NC1CC1. The lowest BCUT2D eigenvalue weighted by atomic mass is 10.3. The Morgan fingerprint density at radius 2 is 2.05 bits per heavy atom. The minimum Gasteiger partial charge on any atom is -0.352 e. The predicted molar refractivity (Wildman–Crippen MR) is 69.0 cm³/mol. The second kappa shape index (κ2) is 4.93. The van der Waals surface area contributed by atoms with Crippen molar-refractivity contribution in [3.8, 4) is 0 Å². The topological polar surface area (TPSA) is 104 Å². The van der Waals surface area contributed by atoms with Crippen LogP contribution in [0.4, 0.5) is 0 Å². The third-order valence-electron chi connectivity index (χ3n) is 2.98. The van der Waals surface area contributed by atoms with Crippen molar-refractivity contribution < 1.29 is 13.2 Å². The average molecular weight is 286 g/mol. The Kier molecular flexibility index (Phi) is 3.64. The number of H-pyrrole nitrogens is 1. The van der Waals surface area contributed by atoms with Crippen molar-refractivity contribution in [3.05, 3.63) is 11.4 Å². The first kappa shape index (κ1) is 14.0. The number of aromatic amines is 1. The van der Waals surface area contributed by atoms with Gasteiger partial charge in [0, 0.05) is 6.04 Å². The molecule has 3 N–H and O–H groups in total. The lowest BCUT2D eigenvalue weighted by Gasteiger charge is -2.14. The summed E-state index contributed by atoms with van der Waals surface area (Å²) in [5.41, 5.74) is 0.847. The van der Waals surface area contributed by atoms with Gasteiger partial charge >= 0.3 is 0 Å². The number of rotatable bonds is 5. The Morgan fingerprint density at radius 3 is 2.53 bits per heavy atom. The van der Waals surface area contributed by atoms with Crippen LogP contribution in [0.2, 0.25) is 0 Å². The Hall–Kier alpha value is -1.41. The Morgan fingerprint density at radius 1 is 1.42 bits per heavy atom. The number of aromatic nitrogens is 2. The van der Waals surface area contributed by atoms with E-state index in [2.05, 4.69) is 20.2 Å². The molecule has 1 aliphatic carbocycles. The highest BCUT2D eigenvalue weighted by atomic mass is 32.2. The van der Waals surface area contributed by atoms with Crippen LogP contribution in [-0.2, 0) is 14.8 Å². The van der Waals surface area contributed by atoms with E-state index >= 15 is 0 Å². The van der Waals surface area contributed by atoms with E-state index in [9.17, 15) is 13.2 Å². The lowest BCUT2D eigenvalue weighted by molar-refractivity contribution is -0.122. The Bertz CT molecular complexity index is 570. The molecule has 1 aliphatic rings. The molecule has 0 bridgehead atoms. The molecule has 0 radical (unpaired) electrons.